The van der Waals surface area contributed by atoms with E-state index in [4.69, 9.17) is 14.2 Å². The monoisotopic (exact) mass is 668 g/mol. The molecule has 10 heteroatoms. The quantitative estimate of drug-likeness (QED) is 0.291. The first kappa shape index (κ1) is 25.6. The number of ether oxygens (including phenoxy) is 3. The van der Waals surface area contributed by atoms with Crippen LogP contribution in [0.1, 0.15) is 31.0 Å². The lowest BCUT2D eigenvalue weighted by Gasteiger charge is -2.26. The third-order valence-electron chi connectivity index (χ3n) is 5.48. The van der Waals surface area contributed by atoms with Gasteiger partial charge in [-0.25, -0.2) is 9.79 Å². The largest absolute Gasteiger partial charge is 0.493 e. The molecule has 0 bridgehead atoms. The van der Waals surface area contributed by atoms with E-state index >= 15 is 0 Å². The Morgan fingerprint density at radius 3 is 2.49 bits per heavy atom. The number of allylic oxidation sites excluding steroid dienone is 1. The number of halogens is 2. The minimum atomic E-state index is -0.765. The molecule has 182 valence electrons. The molecule has 3 aromatic rings. The molecule has 0 aliphatic carbocycles. The summed E-state index contributed by atoms with van der Waals surface area (Å²) in [4.78, 5) is 31.9. The normalized spacial score (nSPS) is 15.5. The standard InChI is InChI=1S/C25H22BrIN2O5S/c1-5-34-24(31)21-13(2)28-25-29(22(21)16-11-18(32-3)19(33-4)12-17(16)26)23(30)20(35-25)10-14-6-8-15(27)9-7-14/h6-12,22H,5H2,1-4H3/b20-10-/t22-/m1/s1. The number of aromatic nitrogens is 1. The SMILES string of the molecule is CCOC(=O)C1=C(C)N=c2s/c(=C\c3ccc(I)cc3)c(=O)n2[C@@H]1c1cc(OC)c(OC)cc1Br. The number of hydrogen-bond acceptors (Lipinski definition) is 7. The van der Waals surface area contributed by atoms with Crippen LogP contribution in [-0.2, 0) is 9.53 Å². The average molecular weight is 669 g/mol. The summed E-state index contributed by atoms with van der Waals surface area (Å²) in [5.41, 5.74) is 2.11. The Morgan fingerprint density at radius 1 is 1.20 bits per heavy atom. The molecule has 0 amide bonds. The van der Waals surface area contributed by atoms with Crippen molar-refractivity contribution in [1.82, 2.24) is 4.57 Å². The Labute approximate surface area is 228 Å². The third kappa shape index (κ3) is 4.96. The van der Waals surface area contributed by atoms with Gasteiger partial charge in [-0.05, 0) is 77.9 Å². The number of fused-ring (bicyclic) bond motifs is 1. The first-order valence-corrected chi connectivity index (χ1v) is 13.3. The molecule has 1 aliphatic heterocycles. The molecule has 1 atom stereocenters. The summed E-state index contributed by atoms with van der Waals surface area (Å²) in [6.07, 6.45) is 1.84. The molecule has 0 fully saturated rings. The zero-order valence-electron chi connectivity index (χ0n) is 19.4. The Morgan fingerprint density at radius 2 is 1.86 bits per heavy atom. The third-order valence-corrected chi connectivity index (χ3v) is 7.87. The lowest BCUT2D eigenvalue weighted by atomic mass is 9.95. The van der Waals surface area contributed by atoms with Gasteiger partial charge in [0, 0.05) is 8.04 Å². The van der Waals surface area contributed by atoms with Crippen LogP contribution in [0, 0.1) is 3.57 Å². The van der Waals surface area contributed by atoms with Crippen molar-refractivity contribution < 1.29 is 19.0 Å². The van der Waals surface area contributed by atoms with E-state index in [0.717, 1.165) is 9.13 Å². The molecule has 0 saturated heterocycles. The molecule has 1 aromatic heterocycles. The number of esters is 1. The van der Waals surface area contributed by atoms with E-state index in [1.54, 1.807) is 37.7 Å². The van der Waals surface area contributed by atoms with Gasteiger partial charge < -0.3 is 14.2 Å². The molecule has 0 radical (unpaired) electrons. The van der Waals surface area contributed by atoms with E-state index < -0.39 is 12.0 Å². The van der Waals surface area contributed by atoms with Gasteiger partial charge in [-0.3, -0.25) is 9.36 Å². The van der Waals surface area contributed by atoms with Crippen molar-refractivity contribution in [2.75, 3.05) is 20.8 Å². The molecular weight excluding hydrogens is 647 g/mol. The van der Waals surface area contributed by atoms with Crippen molar-refractivity contribution >= 4 is 61.9 Å². The summed E-state index contributed by atoms with van der Waals surface area (Å²) in [5, 5.41) is 0. The molecule has 4 rings (SSSR count). The van der Waals surface area contributed by atoms with E-state index in [0.29, 0.717) is 42.1 Å². The molecular formula is C25H22BrIN2O5S. The summed E-state index contributed by atoms with van der Waals surface area (Å²) in [5.74, 6) is 0.476. The molecule has 35 heavy (non-hydrogen) atoms. The molecule has 7 nitrogen and oxygen atoms in total. The number of methoxy groups -OCH3 is 2. The van der Waals surface area contributed by atoms with Crippen molar-refractivity contribution in [2.45, 2.75) is 19.9 Å². The van der Waals surface area contributed by atoms with Crippen LogP contribution in [0.25, 0.3) is 6.08 Å². The number of nitrogens with zero attached hydrogens (tertiary/aromatic N) is 2. The fourth-order valence-electron chi connectivity index (χ4n) is 3.88. The fraction of sp³-hybridized carbons (Fsp3) is 0.240. The van der Waals surface area contributed by atoms with Gasteiger partial charge in [-0.1, -0.05) is 39.4 Å². The second-order valence-electron chi connectivity index (χ2n) is 7.58. The van der Waals surface area contributed by atoms with Crippen molar-refractivity contribution in [3.8, 4) is 11.5 Å². The Balaban J connectivity index is 2.01. The highest BCUT2D eigenvalue weighted by atomic mass is 127. The summed E-state index contributed by atoms with van der Waals surface area (Å²) in [7, 11) is 3.08. The highest BCUT2D eigenvalue weighted by molar-refractivity contribution is 14.1. The molecule has 2 aromatic carbocycles. The Hall–Kier alpha value is -2.44. The summed E-state index contributed by atoms with van der Waals surface area (Å²) in [6.45, 7) is 3.70. The lowest BCUT2D eigenvalue weighted by Crippen LogP contribution is -2.40. The maximum Gasteiger partial charge on any atom is 0.338 e. The van der Waals surface area contributed by atoms with Gasteiger partial charge in [0.1, 0.15) is 0 Å². The summed E-state index contributed by atoms with van der Waals surface area (Å²) < 4.78 is 20.1. The topological polar surface area (TPSA) is 79.1 Å². The van der Waals surface area contributed by atoms with Gasteiger partial charge in [0.25, 0.3) is 5.56 Å². The van der Waals surface area contributed by atoms with Crippen LogP contribution in [0.4, 0.5) is 0 Å². The van der Waals surface area contributed by atoms with Gasteiger partial charge in [0.15, 0.2) is 16.3 Å². The van der Waals surface area contributed by atoms with Gasteiger partial charge in [0.05, 0.1) is 42.7 Å². The van der Waals surface area contributed by atoms with Crippen LogP contribution < -0.4 is 24.4 Å². The minimum Gasteiger partial charge on any atom is -0.493 e. The number of hydrogen-bond donors (Lipinski definition) is 0. The zero-order valence-corrected chi connectivity index (χ0v) is 24.0. The highest BCUT2D eigenvalue weighted by Crippen LogP contribution is 2.40. The minimum absolute atomic E-state index is 0.201. The number of thiazole rings is 1. The van der Waals surface area contributed by atoms with Crippen LogP contribution in [0.3, 0.4) is 0 Å². The molecule has 1 aliphatic rings. The van der Waals surface area contributed by atoms with Crippen LogP contribution in [0.5, 0.6) is 11.5 Å². The molecule has 0 unspecified atom stereocenters. The van der Waals surface area contributed by atoms with Gasteiger partial charge >= 0.3 is 5.97 Å². The van der Waals surface area contributed by atoms with Crippen molar-refractivity contribution in [3.05, 3.63) is 86.5 Å². The number of carbonyl (C=O) groups excluding carboxylic acids is 1. The predicted octanol–water partition coefficient (Wildman–Crippen LogP) is 4.18. The molecule has 0 saturated carbocycles. The van der Waals surface area contributed by atoms with E-state index in [1.165, 1.54) is 18.4 Å². The zero-order chi connectivity index (χ0) is 25.3. The van der Waals surface area contributed by atoms with E-state index in [9.17, 15) is 9.59 Å². The smallest absolute Gasteiger partial charge is 0.338 e. The molecule has 2 heterocycles. The molecule has 0 spiro atoms. The van der Waals surface area contributed by atoms with E-state index in [2.05, 4.69) is 43.5 Å². The first-order chi connectivity index (χ1) is 16.8. The summed E-state index contributed by atoms with van der Waals surface area (Å²) in [6, 6.07) is 10.6. The van der Waals surface area contributed by atoms with Crippen molar-refractivity contribution in [1.29, 1.82) is 0 Å². The second kappa shape index (κ2) is 10.7. The number of carbonyl (C=O) groups is 1. The van der Waals surface area contributed by atoms with Crippen molar-refractivity contribution in [2.24, 2.45) is 4.99 Å². The summed E-state index contributed by atoms with van der Waals surface area (Å²) >= 11 is 7.13. The Bertz CT molecular complexity index is 1510. The number of benzene rings is 2. The van der Waals surface area contributed by atoms with Crippen LogP contribution >= 0.6 is 49.9 Å². The average Bonchev–Trinajstić information content (AvgIpc) is 3.14. The second-order valence-corrected chi connectivity index (χ2v) is 10.7. The fourth-order valence-corrected chi connectivity index (χ4v) is 5.82. The Kier molecular flexibility index (Phi) is 7.82. The van der Waals surface area contributed by atoms with Gasteiger partial charge in [-0.2, -0.15) is 0 Å². The highest BCUT2D eigenvalue weighted by Gasteiger charge is 2.35. The van der Waals surface area contributed by atoms with Crippen LogP contribution in [0.15, 0.2) is 61.9 Å². The van der Waals surface area contributed by atoms with Gasteiger partial charge in [0.2, 0.25) is 0 Å². The molecule has 0 N–H and O–H groups in total. The van der Waals surface area contributed by atoms with Crippen molar-refractivity contribution in [3.63, 3.8) is 0 Å². The maximum absolute atomic E-state index is 13.7. The van der Waals surface area contributed by atoms with Crippen LogP contribution in [-0.4, -0.2) is 31.4 Å². The maximum atomic E-state index is 13.7. The first-order valence-electron chi connectivity index (χ1n) is 10.7. The van der Waals surface area contributed by atoms with Gasteiger partial charge in [-0.15, -0.1) is 0 Å². The predicted molar refractivity (Wildman–Crippen MR) is 147 cm³/mol. The lowest BCUT2D eigenvalue weighted by molar-refractivity contribution is -0.139. The van der Waals surface area contributed by atoms with Crippen LogP contribution in [0.2, 0.25) is 0 Å². The number of rotatable bonds is 6. The van der Waals surface area contributed by atoms with E-state index in [1.807, 2.05) is 30.3 Å². The van der Waals surface area contributed by atoms with E-state index in [-0.39, 0.29) is 12.2 Å².